The van der Waals surface area contributed by atoms with E-state index in [-0.39, 0.29) is 18.6 Å². The summed E-state index contributed by atoms with van der Waals surface area (Å²) in [5.41, 5.74) is 2.05. The van der Waals surface area contributed by atoms with Crippen LogP contribution >= 0.6 is 0 Å². The molecule has 0 spiro atoms. The van der Waals surface area contributed by atoms with E-state index in [4.69, 9.17) is 9.47 Å². The van der Waals surface area contributed by atoms with E-state index in [1.807, 2.05) is 24.3 Å². The summed E-state index contributed by atoms with van der Waals surface area (Å²) < 4.78 is 10.2. The van der Waals surface area contributed by atoms with Gasteiger partial charge in [0.2, 0.25) is 5.91 Å². The number of nitrogens with one attached hydrogen (secondary N) is 2. The first-order chi connectivity index (χ1) is 15.0. The highest BCUT2D eigenvalue weighted by molar-refractivity contribution is 6.02. The van der Waals surface area contributed by atoms with Gasteiger partial charge in [0.1, 0.15) is 5.75 Å². The van der Waals surface area contributed by atoms with Crippen LogP contribution in [0.15, 0.2) is 54.6 Å². The lowest BCUT2D eigenvalue weighted by atomic mass is 10.2. The second-order valence-electron chi connectivity index (χ2n) is 6.80. The number of anilines is 1. The third-order valence-corrected chi connectivity index (χ3v) is 4.67. The second-order valence-corrected chi connectivity index (χ2v) is 6.80. The molecule has 0 saturated carbocycles. The Morgan fingerprint density at radius 2 is 1.68 bits per heavy atom. The molecule has 0 aliphatic carbocycles. The number of amides is 2. The molecule has 2 N–H and O–H groups in total. The van der Waals surface area contributed by atoms with Crippen LogP contribution in [0.1, 0.15) is 29.8 Å². The largest absolute Gasteiger partial charge is 0.468 e. The molecule has 0 saturated heterocycles. The molecule has 0 aliphatic rings. The number of carbonyl (C=O) groups is 2. The number of carbonyl (C=O) groups excluding carboxylic acids is 2. The molecule has 7 nitrogen and oxygen atoms in total. The molecule has 166 valence electrons. The lowest BCUT2D eigenvalue weighted by molar-refractivity contribution is -0.111. The van der Waals surface area contributed by atoms with Crippen molar-refractivity contribution < 1.29 is 19.1 Å². The van der Waals surface area contributed by atoms with E-state index in [9.17, 15) is 9.59 Å². The molecular weight excluding hydrogens is 394 g/mol. The van der Waals surface area contributed by atoms with Gasteiger partial charge in [0, 0.05) is 37.5 Å². The first-order valence-corrected chi connectivity index (χ1v) is 10.4. The lowest BCUT2D eigenvalue weighted by Crippen LogP contribution is -2.34. The maximum absolute atomic E-state index is 12.2. The molecular formula is C24H31N3O4. The maximum atomic E-state index is 12.2. The van der Waals surface area contributed by atoms with Crippen molar-refractivity contribution in [1.29, 1.82) is 0 Å². The standard InChI is InChI=1S/C24H31N3O4/c1-4-27(5-2)17-16-25-24(29)20-9-11-21(12-10-20)26-23(28)15-8-19-6-13-22(14-7-19)31-18-30-3/h6-15H,4-5,16-18H2,1-3H3,(H,25,29)(H,26,28)/b15-8+. The molecule has 2 amide bonds. The smallest absolute Gasteiger partial charge is 0.251 e. The summed E-state index contributed by atoms with van der Waals surface area (Å²) in [7, 11) is 1.56. The Balaban J connectivity index is 1.81. The normalized spacial score (nSPS) is 11.0. The van der Waals surface area contributed by atoms with Crippen molar-refractivity contribution in [2.75, 3.05) is 45.4 Å². The van der Waals surface area contributed by atoms with Crippen LogP contribution in [0.2, 0.25) is 0 Å². The van der Waals surface area contributed by atoms with Gasteiger partial charge in [0.15, 0.2) is 6.79 Å². The summed E-state index contributed by atoms with van der Waals surface area (Å²) in [4.78, 5) is 26.6. The van der Waals surface area contributed by atoms with Crippen molar-refractivity contribution in [2.45, 2.75) is 13.8 Å². The predicted octanol–water partition coefficient (Wildman–Crippen LogP) is 3.39. The highest BCUT2D eigenvalue weighted by Crippen LogP contribution is 2.14. The third-order valence-electron chi connectivity index (χ3n) is 4.67. The zero-order valence-corrected chi connectivity index (χ0v) is 18.4. The van der Waals surface area contributed by atoms with Gasteiger partial charge < -0.3 is 25.0 Å². The fourth-order valence-corrected chi connectivity index (χ4v) is 2.83. The summed E-state index contributed by atoms with van der Waals surface area (Å²) in [5, 5.41) is 5.70. The van der Waals surface area contributed by atoms with E-state index >= 15 is 0 Å². The zero-order valence-electron chi connectivity index (χ0n) is 18.4. The Kier molecular flexibility index (Phi) is 10.3. The molecule has 7 heteroatoms. The van der Waals surface area contributed by atoms with Gasteiger partial charge in [-0.15, -0.1) is 0 Å². The average Bonchev–Trinajstić information content (AvgIpc) is 2.80. The average molecular weight is 426 g/mol. The fraction of sp³-hybridized carbons (Fsp3) is 0.333. The lowest BCUT2D eigenvalue weighted by Gasteiger charge is -2.17. The molecule has 0 unspecified atom stereocenters. The molecule has 2 rings (SSSR count). The SMILES string of the molecule is CCN(CC)CCNC(=O)c1ccc(NC(=O)/C=C/c2ccc(OCOC)cc2)cc1. The van der Waals surface area contributed by atoms with E-state index in [1.54, 1.807) is 37.5 Å². The number of ether oxygens (including phenoxy) is 2. The monoisotopic (exact) mass is 425 g/mol. The number of rotatable bonds is 12. The highest BCUT2D eigenvalue weighted by Gasteiger charge is 2.06. The molecule has 0 bridgehead atoms. The highest BCUT2D eigenvalue weighted by atomic mass is 16.7. The summed E-state index contributed by atoms with van der Waals surface area (Å²) in [6.07, 6.45) is 3.17. The van der Waals surface area contributed by atoms with Crippen molar-refractivity contribution in [1.82, 2.24) is 10.2 Å². The van der Waals surface area contributed by atoms with Gasteiger partial charge >= 0.3 is 0 Å². The van der Waals surface area contributed by atoms with E-state index in [0.29, 0.717) is 23.5 Å². The van der Waals surface area contributed by atoms with Crippen LogP contribution in [-0.2, 0) is 9.53 Å². The number of likely N-dealkylation sites (N-methyl/N-ethyl adjacent to an activating group) is 1. The fourth-order valence-electron chi connectivity index (χ4n) is 2.83. The number of methoxy groups -OCH3 is 1. The van der Waals surface area contributed by atoms with E-state index in [1.165, 1.54) is 6.08 Å². The quantitative estimate of drug-likeness (QED) is 0.403. The molecule has 0 radical (unpaired) electrons. The van der Waals surface area contributed by atoms with Crippen molar-refractivity contribution in [2.24, 2.45) is 0 Å². The molecule has 0 fully saturated rings. The number of nitrogens with zero attached hydrogens (tertiary/aromatic N) is 1. The molecule has 0 aliphatic heterocycles. The summed E-state index contributed by atoms with van der Waals surface area (Å²) in [6, 6.07) is 14.1. The van der Waals surface area contributed by atoms with Gasteiger partial charge in [-0.25, -0.2) is 0 Å². The van der Waals surface area contributed by atoms with Gasteiger partial charge in [0.25, 0.3) is 5.91 Å². The Morgan fingerprint density at radius 1 is 1.00 bits per heavy atom. The minimum absolute atomic E-state index is 0.122. The van der Waals surface area contributed by atoms with Crippen LogP contribution in [0.3, 0.4) is 0 Å². The Labute approximate surface area is 184 Å². The van der Waals surface area contributed by atoms with Gasteiger partial charge in [-0.3, -0.25) is 9.59 Å². The van der Waals surface area contributed by atoms with Gasteiger partial charge in [-0.1, -0.05) is 26.0 Å². The maximum Gasteiger partial charge on any atom is 0.251 e. The number of hydrogen-bond acceptors (Lipinski definition) is 5. The molecule has 31 heavy (non-hydrogen) atoms. The van der Waals surface area contributed by atoms with Crippen LogP contribution in [0.25, 0.3) is 6.08 Å². The minimum Gasteiger partial charge on any atom is -0.468 e. The van der Waals surface area contributed by atoms with Crippen LogP contribution in [0.4, 0.5) is 5.69 Å². The van der Waals surface area contributed by atoms with Gasteiger partial charge in [-0.05, 0) is 61.1 Å². The van der Waals surface area contributed by atoms with Crippen LogP contribution in [0, 0.1) is 0 Å². The number of benzene rings is 2. The van der Waals surface area contributed by atoms with Crippen molar-refractivity contribution >= 4 is 23.6 Å². The molecule has 2 aromatic rings. The molecule has 0 atom stereocenters. The zero-order chi connectivity index (χ0) is 22.5. The minimum atomic E-state index is -0.254. The predicted molar refractivity (Wildman–Crippen MR) is 123 cm³/mol. The Hall–Kier alpha value is -3.16. The van der Waals surface area contributed by atoms with Crippen LogP contribution in [0.5, 0.6) is 5.75 Å². The Bertz CT molecular complexity index is 844. The summed E-state index contributed by atoms with van der Waals surface area (Å²) >= 11 is 0. The molecule has 2 aromatic carbocycles. The third kappa shape index (κ3) is 8.62. The van der Waals surface area contributed by atoms with Crippen molar-refractivity contribution in [3.63, 3.8) is 0 Å². The summed E-state index contributed by atoms with van der Waals surface area (Å²) in [5.74, 6) is 0.319. The van der Waals surface area contributed by atoms with E-state index in [0.717, 1.165) is 25.2 Å². The second kappa shape index (κ2) is 13.2. The van der Waals surface area contributed by atoms with Crippen molar-refractivity contribution in [3.8, 4) is 5.75 Å². The van der Waals surface area contributed by atoms with Crippen LogP contribution < -0.4 is 15.4 Å². The molecule has 0 heterocycles. The van der Waals surface area contributed by atoms with E-state index in [2.05, 4.69) is 29.4 Å². The molecule has 0 aromatic heterocycles. The van der Waals surface area contributed by atoms with E-state index < -0.39 is 0 Å². The van der Waals surface area contributed by atoms with Crippen LogP contribution in [-0.4, -0.2) is 56.8 Å². The first kappa shape index (κ1) is 24.1. The van der Waals surface area contributed by atoms with Crippen molar-refractivity contribution in [3.05, 3.63) is 65.7 Å². The summed E-state index contributed by atoms with van der Waals surface area (Å²) in [6.45, 7) is 7.73. The first-order valence-electron chi connectivity index (χ1n) is 10.4. The Morgan fingerprint density at radius 3 is 2.29 bits per heavy atom. The number of hydrogen-bond donors (Lipinski definition) is 2. The topological polar surface area (TPSA) is 79.9 Å². The van der Waals surface area contributed by atoms with Gasteiger partial charge in [-0.2, -0.15) is 0 Å². The van der Waals surface area contributed by atoms with Gasteiger partial charge in [0.05, 0.1) is 0 Å².